The minimum Gasteiger partial charge on any atom is -0.497 e. The van der Waals surface area contributed by atoms with Crippen LogP contribution in [0.15, 0.2) is 54.6 Å². The van der Waals surface area contributed by atoms with Gasteiger partial charge in [0.25, 0.3) is 5.91 Å². The maximum atomic E-state index is 12.4. The molecular weight excluding hydrogens is 396 g/mol. The molecule has 0 aromatic heterocycles. The Labute approximate surface area is 182 Å². The Bertz CT molecular complexity index is 922. The van der Waals surface area contributed by atoms with Gasteiger partial charge in [0.2, 0.25) is 5.91 Å². The summed E-state index contributed by atoms with van der Waals surface area (Å²) in [6.45, 7) is 3.54. The molecule has 7 heteroatoms. The van der Waals surface area contributed by atoms with Gasteiger partial charge in [0.05, 0.1) is 18.4 Å². The zero-order valence-electron chi connectivity index (χ0n) is 18.0. The lowest BCUT2D eigenvalue weighted by molar-refractivity contribution is -0.124. The lowest BCUT2D eigenvalue weighted by Gasteiger charge is -2.13. The second-order valence-electron chi connectivity index (χ2n) is 6.97. The first-order valence-electron chi connectivity index (χ1n) is 10.1. The summed E-state index contributed by atoms with van der Waals surface area (Å²) in [7, 11) is 1.58. The summed E-state index contributed by atoms with van der Waals surface area (Å²) < 4.78 is 10.2. The number of anilines is 1. The predicted molar refractivity (Wildman–Crippen MR) is 120 cm³/mol. The fraction of sp³-hybridized carbons (Fsp3) is 0.292. The molecule has 0 heterocycles. The molecule has 0 saturated heterocycles. The number of ether oxygens (including phenoxy) is 2. The van der Waals surface area contributed by atoms with Gasteiger partial charge in [-0.2, -0.15) is 0 Å². The van der Waals surface area contributed by atoms with Crippen LogP contribution in [0.3, 0.4) is 0 Å². The third kappa shape index (κ3) is 7.97. The smallest absolute Gasteiger partial charge is 0.340 e. The Morgan fingerprint density at radius 1 is 1.06 bits per heavy atom. The van der Waals surface area contributed by atoms with Gasteiger partial charge in [-0.3, -0.25) is 9.59 Å². The summed E-state index contributed by atoms with van der Waals surface area (Å²) in [6, 6.07) is 13.7. The van der Waals surface area contributed by atoms with Crippen LogP contribution < -0.4 is 15.4 Å². The lowest BCUT2D eigenvalue weighted by atomic mass is 10.1. The molecule has 2 aromatic carbocycles. The van der Waals surface area contributed by atoms with Crippen molar-refractivity contribution in [3.8, 4) is 5.75 Å². The number of nitrogens with one attached hydrogen (secondary N) is 2. The average Bonchev–Trinajstić information content (AvgIpc) is 2.77. The van der Waals surface area contributed by atoms with Gasteiger partial charge in [-0.1, -0.05) is 37.6 Å². The average molecular weight is 424 g/mol. The number of amides is 2. The molecule has 0 aliphatic heterocycles. The van der Waals surface area contributed by atoms with Crippen molar-refractivity contribution in [2.45, 2.75) is 32.7 Å². The summed E-state index contributed by atoms with van der Waals surface area (Å²) >= 11 is 0. The van der Waals surface area contributed by atoms with Gasteiger partial charge in [0, 0.05) is 12.1 Å². The maximum Gasteiger partial charge on any atom is 0.340 e. The number of hydrogen-bond acceptors (Lipinski definition) is 5. The second kappa shape index (κ2) is 12.2. The molecule has 0 bridgehead atoms. The molecule has 0 aliphatic carbocycles. The summed E-state index contributed by atoms with van der Waals surface area (Å²) in [6.07, 6.45) is 4.81. The first-order valence-corrected chi connectivity index (χ1v) is 10.1. The minimum atomic E-state index is -0.687. The van der Waals surface area contributed by atoms with Crippen molar-refractivity contribution in [1.82, 2.24) is 5.32 Å². The number of rotatable bonds is 10. The van der Waals surface area contributed by atoms with Crippen LogP contribution in [0.25, 0.3) is 6.08 Å². The first-order chi connectivity index (χ1) is 14.9. The third-order valence-electron chi connectivity index (χ3n) is 4.41. The molecule has 2 rings (SSSR count). The summed E-state index contributed by atoms with van der Waals surface area (Å²) in [5, 5.41) is 5.44. The van der Waals surface area contributed by atoms with Crippen LogP contribution in [0, 0.1) is 0 Å². The van der Waals surface area contributed by atoms with E-state index in [0.29, 0.717) is 5.69 Å². The molecule has 0 spiro atoms. The Morgan fingerprint density at radius 2 is 1.77 bits per heavy atom. The number of hydrogen-bond donors (Lipinski definition) is 2. The van der Waals surface area contributed by atoms with Crippen LogP contribution >= 0.6 is 0 Å². The van der Waals surface area contributed by atoms with E-state index in [4.69, 9.17) is 9.47 Å². The number of para-hydroxylation sites is 1. The number of methoxy groups -OCH3 is 1. The van der Waals surface area contributed by atoms with Crippen molar-refractivity contribution in [1.29, 1.82) is 0 Å². The van der Waals surface area contributed by atoms with Crippen molar-refractivity contribution in [2.75, 3.05) is 19.0 Å². The van der Waals surface area contributed by atoms with Crippen molar-refractivity contribution < 1.29 is 23.9 Å². The molecule has 0 radical (unpaired) electrons. The van der Waals surface area contributed by atoms with E-state index in [1.165, 1.54) is 12.1 Å². The Kier molecular flexibility index (Phi) is 9.29. The highest BCUT2D eigenvalue weighted by Gasteiger charge is 2.16. The van der Waals surface area contributed by atoms with Crippen molar-refractivity contribution in [2.24, 2.45) is 0 Å². The van der Waals surface area contributed by atoms with E-state index in [0.717, 1.165) is 24.2 Å². The molecule has 31 heavy (non-hydrogen) atoms. The van der Waals surface area contributed by atoms with Crippen LogP contribution in [-0.4, -0.2) is 37.5 Å². The molecule has 0 saturated carbocycles. The normalized spacial score (nSPS) is 11.6. The van der Waals surface area contributed by atoms with E-state index in [1.54, 1.807) is 43.5 Å². The summed E-state index contributed by atoms with van der Waals surface area (Å²) in [5.41, 5.74) is 1.30. The van der Waals surface area contributed by atoms with Crippen LogP contribution in [0.5, 0.6) is 5.75 Å². The molecular formula is C24H28N2O5. The van der Waals surface area contributed by atoms with Crippen molar-refractivity contribution in [3.63, 3.8) is 0 Å². The van der Waals surface area contributed by atoms with Gasteiger partial charge in [0.15, 0.2) is 6.61 Å². The molecule has 7 nitrogen and oxygen atoms in total. The standard InChI is InChI=1S/C24H28N2O5/c1-4-7-17(2)25-23(28)16-31-24(29)20-8-5-6-9-21(20)26-22(27)15-12-18-10-13-19(30-3)14-11-18/h5-6,8-15,17H,4,7,16H2,1-3H3,(H,25,28)(H,26,27)/b15-12+. The monoisotopic (exact) mass is 424 g/mol. The van der Waals surface area contributed by atoms with Gasteiger partial charge in [-0.05, 0) is 49.2 Å². The fourth-order valence-electron chi connectivity index (χ4n) is 2.86. The summed E-state index contributed by atoms with van der Waals surface area (Å²) in [5.74, 6) is -0.726. The quantitative estimate of drug-likeness (QED) is 0.447. The van der Waals surface area contributed by atoms with Crippen molar-refractivity contribution >= 4 is 29.5 Å². The van der Waals surface area contributed by atoms with E-state index in [-0.39, 0.29) is 24.1 Å². The highest BCUT2D eigenvalue weighted by molar-refractivity contribution is 6.06. The molecule has 0 fully saturated rings. The van der Waals surface area contributed by atoms with E-state index in [2.05, 4.69) is 10.6 Å². The van der Waals surface area contributed by atoms with Gasteiger partial charge < -0.3 is 20.1 Å². The molecule has 2 aromatic rings. The summed E-state index contributed by atoms with van der Waals surface area (Å²) in [4.78, 5) is 36.6. The fourth-order valence-corrected chi connectivity index (χ4v) is 2.86. The highest BCUT2D eigenvalue weighted by Crippen LogP contribution is 2.17. The molecule has 1 atom stereocenters. The number of carbonyl (C=O) groups is 3. The lowest BCUT2D eigenvalue weighted by Crippen LogP contribution is -2.35. The van der Waals surface area contributed by atoms with Gasteiger partial charge in [-0.15, -0.1) is 0 Å². The Balaban J connectivity index is 1.95. The molecule has 2 N–H and O–H groups in total. The zero-order valence-corrected chi connectivity index (χ0v) is 18.0. The predicted octanol–water partition coefficient (Wildman–Crippen LogP) is 3.81. The second-order valence-corrected chi connectivity index (χ2v) is 6.97. The van der Waals surface area contributed by atoms with Crippen LogP contribution in [0.4, 0.5) is 5.69 Å². The first kappa shape index (κ1) is 23.7. The van der Waals surface area contributed by atoms with E-state index >= 15 is 0 Å². The molecule has 0 aliphatic rings. The van der Waals surface area contributed by atoms with E-state index in [9.17, 15) is 14.4 Å². The molecule has 164 valence electrons. The van der Waals surface area contributed by atoms with Crippen LogP contribution in [0.2, 0.25) is 0 Å². The van der Waals surface area contributed by atoms with Gasteiger partial charge >= 0.3 is 5.97 Å². The topological polar surface area (TPSA) is 93.7 Å². The van der Waals surface area contributed by atoms with E-state index < -0.39 is 11.9 Å². The number of esters is 1. The van der Waals surface area contributed by atoms with Gasteiger partial charge in [0.1, 0.15) is 5.75 Å². The number of carbonyl (C=O) groups excluding carboxylic acids is 3. The third-order valence-corrected chi connectivity index (χ3v) is 4.41. The largest absolute Gasteiger partial charge is 0.497 e. The van der Waals surface area contributed by atoms with Gasteiger partial charge in [-0.25, -0.2) is 4.79 Å². The van der Waals surface area contributed by atoms with Crippen LogP contribution in [0.1, 0.15) is 42.6 Å². The van der Waals surface area contributed by atoms with E-state index in [1.807, 2.05) is 26.0 Å². The van der Waals surface area contributed by atoms with Crippen molar-refractivity contribution in [3.05, 3.63) is 65.7 Å². The maximum absolute atomic E-state index is 12.4. The zero-order chi connectivity index (χ0) is 22.6. The Hall–Kier alpha value is -3.61. The number of benzene rings is 2. The van der Waals surface area contributed by atoms with Crippen LogP contribution in [-0.2, 0) is 14.3 Å². The SMILES string of the molecule is CCCC(C)NC(=O)COC(=O)c1ccccc1NC(=O)/C=C/c1ccc(OC)cc1. The minimum absolute atomic E-state index is 0.0141. The molecule has 1 unspecified atom stereocenters. The molecule has 2 amide bonds. The Morgan fingerprint density at radius 3 is 2.45 bits per heavy atom. The highest BCUT2D eigenvalue weighted by atomic mass is 16.5.